The molecule has 0 aliphatic carbocycles. The molecule has 172 valence electrons. The van der Waals surface area contributed by atoms with Crippen LogP contribution in [-0.4, -0.2) is 53.6 Å². The molecule has 0 aliphatic rings. The van der Waals surface area contributed by atoms with E-state index >= 15 is 0 Å². The first-order valence-electron chi connectivity index (χ1n) is 9.35. The highest BCUT2D eigenvalue weighted by Gasteiger charge is 2.22. The summed E-state index contributed by atoms with van der Waals surface area (Å²) in [7, 11) is -0.548. The second kappa shape index (κ2) is 10.1. The Kier molecular flexibility index (Phi) is 7.82. The Morgan fingerprint density at radius 3 is 1.91 bits per heavy atom. The molecule has 0 aliphatic heterocycles. The van der Waals surface area contributed by atoms with Crippen LogP contribution < -0.4 is 14.8 Å². The van der Waals surface area contributed by atoms with Gasteiger partial charge < -0.3 is 19.5 Å². The van der Waals surface area contributed by atoms with E-state index in [1.807, 2.05) is 0 Å². The molecule has 0 radical (unpaired) electrons. The fraction of sp³-hybridized carbons (Fsp3) is 0.286. The van der Waals surface area contributed by atoms with Crippen molar-refractivity contribution in [2.45, 2.75) is 24.8 Å². The van der Waals surface area contributed by atoms with E-state index in [0.29, 0.717) is 0 Å². The van der Waals surface area contributed by atoms with Crippen molar-refractivity contribution in [2.24, 2.45) is 0 Å². The molecule has 0 saturated heterocycles. The summed E-state index contributed by atoms with van der Waals surface area (Å²) in [4.78, 5) is 36.1. The van der Waals surface area contributed by atoms with Crippen LogP contribution in [0.3, 0.4) is 0 Å². The van der Waals surface area contributed by atoms with Crippen molar-refractivity contribution < 1.29 is 37.0 Å². The molecule has 1 amide bonds. The van der Waals surface area contributed by atoms with Gasteiger partial charge in [0.05, 0.1) is 48.6 Å². The predicted molar refractivity (Wildman–Crippen MR) is 116 cm³/mol. The average molecular weight is 464 g/mol. The molecule has 11 heteroatoms. The number of nitrogens with one attached hydrogen (secondary N) is 2. The summed E-state index contributed by atoms with van der Waals surface area (Å²) in [5.74, 6) is -1.85. The first-order chi connectivity index (χ1) is 15.0. The van der Waals surface area contributed by atoms with Crippen molar-refractivity contribution in [3.63, 3.8) is 0 Å². The highest BCUT2D eigenvalue weighted by atomic mass is 32.2. The third-order valence-electron chi connectivity index (χ3n) is 4.17. The minimum absolute atomic E-state index is 0.0302. The fourth-order valence-corrected chi connectivity index (χ4v) is 3.81. The van der Waals surface area contributed by atoms with Gasteiger partial charge in [-0.05, 0) is 50.2 Å². The van der Waals surface area contributed by atoms with Crippen molar-refractivity contribution in [2.75, 3.05) is 26.1 Å². The lowest BCUT2D eigenvalue weighted by Gasteiger charge is -2.14. The molecule has 0 bridgehead atoms. The minimum Gasteiger partial charge on any atom is -0.496 e. The Bertz CT molecular complexity index is 1110. The zero-order valence-corrected chi connectivity index (χ0v) is 19.0. The summed E-state index contributed by atoms with van der Waals surface area (Å²) in [5.41, 5.74) is -0.153. The number of anilines is 1. The molecular formula is C21H24N2O8S. The molecule has 2 rings (SSSR count). The number of rotatable bonds is 8. The lowest BCUT2D eigenvalue weighted by molar-refractivity contribution is 0.0599. The molecule has 0 saturated carbocycles. The van der Waals surface area contributed by atoms with Crippen LogP contribution in [0.2, 0.25) is 0 Å². The first-order valence-corrected chi connectivity index (χ1v) is 10.8. The predicted octanol–water partition coefficient (Wildman–Crippen LogP) is 2.21. The van der Waals surface area contributed by atoms with Gasteiger partial charge in [0.25, 0.3) is 15.9 Å². The summed E-state index contributed by atoms with van der Waals surface area (Å²) in [6.07, 6.45) is 0. The Hall–Kier alpha value is -3.60. The van der Waals surface area contributed by atoms with E-state index < -0.39 is 27.9 Å². The summed E-state index contributed by atoms with van der Waals surface area (Å²) in [6.45, 7) is 3.53. The third kappa shape index (κ3) is 5.76. The summed E-state index contributed by atoms with van der Waals surface area (Å²) in [6, 6.07) is 7.26. The van der Waals surface area contributed by atoms with E-state index in [1.54, 1.807) is 13.8 Å². The van der Waals surface area contributed by atoms with Crippen molar-refractivity contribution >= 4 is 33.6 Å². The highest BCUT2D eigenvalue weighted by molar-refractivity contribution is 7.92. The molecule has 0 heterocycles. The second-order valence-corrected chi connectivity index (χ2v) is 8.56. The monoisotopic (exact) mass is 464 g/mol. The fourth-order valence-electron chi connectivity index (χ4n) is 2.74. The van der Waals surface area contributed by atoms with Crippen LogP contribution in [0.25, 0.3) is 0 Å². The van der Waals surface area contributed by atoms with Gasteiger partial charge in [-0.3, -0.25) is 9.52 Å². The number of carbonyl (C=O) groups is 3. The maximum Gasteiger partial charge on any atom is 0.337 e. The number of hydrogen-bond donors (Lipinski definition) is 2. The smallest absolute Gasteiger partial charge is 0.337 e. The molecule has 0 atom stereocenters. The van der Waals surface area contributed by atoms with Gasteiger partial charge in [0.2, 0.25) is 0 Å². The molecule has 0 spiro atoms. The van der Waals surface area contributed by atoms with Gasteiger partial charge in [-0.15, -0.1) is 0 Å². The van der Waals surface area contributed by atoms with Crippen LogP contribution in [0.1, 0.15) is 44.9 Å². The van der Waals surface area contributed by atoms with Gasteiger partial charge in [0, 0.05) is 6.04 Å². The van der Waals surface area contributed by atoms with Gasteiger partial charge in [-0.1, -0.05) is 0 Å². The maximum atomic E-state index is 13.0. The minimum atomic E-state index is -4.21. The van der Waals surface area contributed by atoms with Gasteiger partial charge in [0.1, 0.15) is 5.75 Å². The van der Waals surface area contributed by atoms with E-state index in [4.69, 9.17) is 4.74 Å². The van der Waals surface area contributed by atoms with Crippen molar-refractivity contribution in [3.8, 4) is 5.75 Å². The van der Waals surface area contributed by atoms with Crippen LogP contribution in [0.4, 0.5) is 5.69 Å². The van der Waals surface area contributed by atoms with Crippen LogP contribution in [0.5, 0.6) is 5.75 Å². The molecule has 0 fully saturated rings. The molecule has 2 aromatic rings. The van der Waals surface area contributed by atoms with Crippen molar-refractivity contribution in [1.82, 2.24) is 5.32 Å². The largest absolute Gasteiger partial charge is 0.496 e. The number of hydrogen-bond acceptors (Lipinski definition) is 8. The normalized spacial score (nSPS) is 10.9. The van der Waals surface area contributed by atoms with E-state index in [9.17, 15) is 22.8 Å². The van der Waals surface area contributed by atoms with E-state index in [0.717, 1.165) is 14.2 Å². The number of carbonyl (C=O) groups excluding carboxylic acids is 3. The summed E-state index contributed by atoms with van der Waals surface area (Å²) < 4.78 is 42.7. The summed E-state index contributed by atoms with van der Waals surface area (Å²) >= 11 is 0. The van der Waals surface area contributed by atoms with Gasteiger partial charge in [0.15, 0.2) is 0 Å². The lowest BCUT2D eigenvalue weighted by Crippen LogP contribution is -2.30. The van der Waals surface area contributed by atoms with E-state index in [-0.39, 0.29) is 39.1 Å². The van der Waals surface area contributed by atoms with E-state index in [2.05, 4.69) is 19.5 Å². The number of esters is 2. The number of amides is 1. The maximum absolute atomic E-state index is 13.0. The zero-order valence-electron chi connectivity index (χ0n) is 18.2. The molecule has 0 unspecified atom stereocenters. The summed E-state index contributed by atoms with van der Waals surface area (Å²) in [5, 5.41) is 2.68. The number of ether oxygens (including phenoxy) is 3. The SMILES string of the molecule is COC(=O)c1cc(NS(=O)(=O)c2ccc(OC)c(C(=O)NC(C)C)c2)cc(C(=O)OC)c1. The van der Waals surface area contributed by atoms with E-state index in [1.165, 1.54) is 43.5 Å². The number of benzene rings is 2. The first kappa shape index (κ1) is 24.7. The van der Waals surface area contributed by atoms with Crippen LogP contribution in [0.15, 0.2) is 41.3 Å². The average Bonchev–Trinajstić information content (AvgIpc) is 2.76. The molecule has 2 aromatic carbocycles. The quantitative estimate of drug-likeness (QED) is 0.567. The standard InChI is InChI=1S/C21H24N2O8S/c1-12(2)22-19(24)17-11-16(6-7-18(17)29-3)32(27,28)23-15-9-13(20(25)30-4)8-14(10-15)21(26)31-5/h6-12,23H,1-5H3,(H,22,24). The van der Waals surface area contributed by atoms with Crippen molar-refractivity contribution in [3.05, 3.63) is 53.1 Å². The third-order valence-corrected chi connectivity index (χ3v) is 5.55. The molecule has 10 nitrogen and oxygen atoms in total. The van der Waals surface area contributed by atoms with Crippen molar-refractivity contribution in [1.29, 1.82) is 0 Å². The topological polar surface area (TPSA) is 137 Å². The lowest BCUT2D eigenvalue weighted by atomic mass is 10.1. The molecular weight excluding hydrogens is 440 g/mol. The Morgan fingerprint density at radius 2 is 1.44 bits per heavy atom. The number of methoxy groups -OCH3 is 3. The second-order valence-electron chi connectivity index (χ2n) is 6.88. The van der Waals surface area contributed by atoms with Crippen LogP contribution in [0, 0.1) is 0 Å². The van der Waals surface area contributed by atoms with Crippen LogP contribution >= 0.6 is 0 Å². The molecule has 32 heavy (non-hydrogen) atoms. The van der Waals surface area contributed by atoms with Gasteiger partial charge in [-0.2, -0.15) is 0 Å². The Morgan fingerprint density at radius 1 is 0.875 bits per heavy atom. The zero-order chi connectivity index (χ0) is 24.1. The molecule has 2 N–H and O–H groups in total. The van der Waals surface area contributed by atoms with Gasteiger partial charge >= 0.3 is 11.9 Å². The number of sulfonamides is 1. The van der Waals surface area contributed by atoms with Gasteiger partial charge in [-0.25, -0.2) is 18.0 Å². The Labute approximate surface area is 185 Å². The Balaban J connectivity index is 2.50. The highest BCUT2D eigenvalue weighted by Crippen LogP contribution is 2.25. The van der Waals surface area contributed by atoms with Crippen LogP contribution in [-0.2, 0) is 19.5 Å². The molecule has 0 aromatic heterocycles.